The normalized spacial score (nSPS) is 15.6. The van der Waals surface area contributed by atoms with Crippen LogP contribution in [-0.2, 0) is 4.79 Å². The molecule has 0 heterocycles. The van der Waals surface area contributed by atoms with Crippen molar-refractivity contribution in [2.45, 2.75) is 32.1 Å². The molecule has 0 atom stereocenters. The Balaban J connectivity index is 1.93. The van der Waals surface area contributed by atoms with E-state index in [1.165, 1.54) is 45.3 Å². The molecule has 2 rings (SSSR count). The number of benzene rings is 1. The molecule has 1 fully saturated rings. The first-order valence-electron chi connectivity index (χ1n) is 8.01. The van der Waals surface area contributed by atoms with Crippen molar-refractivity contribution in [2.75, 3.05) is 20.8 Å². The predicted molar refractivity (Wildman–Crippen MR) is 93.2 cm³/mol. The molecule has 0 spiro atoms. The van der Waals surface area contributed by atoms with Crippen molar-refractivity contribution in [3.63, 3.8) is 0 Å². The number of nitrogens with one attached hydrogen (secondary N) is 1. The third kappa shape index (κ3) is 5.17. The molecule has 1 aliphatic rings. The fourth-order valence-electron chi connectivity index (χ4n) is 2.90. The summed E-state index contributed by atoms with van der Waals surface area (Å²) in [5.74, 6) is 1.58. The number of amides is 1. The average Bonchev–Trinajstić information content (AvgIpc) is 2.58. The Kier molecular flexibility index (Phi) is 6.78. The Bertz CT molecular complexity index is 566. The van der Waals surface area contributed by atoms with Gasteiger partial charge < -0.3 is 14.8 Å². The maximum Gasteiger partial charge on any atom is 0.244 e. The molecule has 0 saturated heterocycles. The summed E-state index contributed by atoms with van der Waals surface area (Å²) < 4.78 is 10.4. The minimum Gasteiger partial charge on any atom is -0.493 e. The summed E-state index contributed by atoms with van der Waals surface area (Å²) in [5.41, 5.74) is 0.792. The number of hydrogen-bond donors (Lipinski definition) is 1. The molecule has 1 aromatic rings. The minimum atomic E-state index is -0.0820. The standard InChI is InChI=1S/C18H24ClNO3/c1-22-16-11-14(10-15(19)18(16)23-2)8-9-17(21)20-12-13-6-4-3-5-7-13/h8-11,13H,3-7,12H2,1-2H3,(H,20,21)/b9-8+. The quantitative estimate of drug-likeness (QED) is 0.796. The summed E-state index contributed by atoms with van der Waals surface area (Å²) in [5, 5.41) is 3.43. The maximum atomic E-state index is 11.9. The highest BCUT2D eigenvalue weighted by Crippen LogP contribution is 2.36. The van der Waals surface area contributed by atoms with E-state index in [1.807, 2.05) is 0 Å². The number of ether oxygens (including phenoxy) is 2. The minimum absolute atomic E-state index is 0.0820. The monoisotopic (exact) mass is 337 g/mol. The first kappa shape index (κ1) is 17.7. The van der Waals surface area contributed by atoms with E-state index in [0.717, 1.165) is 12.1 Å². The molecule has 23 heavy (non-hydrogen) atoms. The zero-order chi connectivity index (χ0) is 16.7. The second-order valence-electron chi connectivity index (χ2n) is 5.82. The van der Waals surface area contributed by atoms with Crippen LogP contribution < -0.4 is 14.8 Å². The average molecular weight is 338 g/mol. The van der Waals surface area contributed by atoms with Crippen LogP contribution in [0.3, 0.4) is 0 Å². The first-order chi connectivity index (χ1) is 11.1. The predicted octanol–water partition coefficient (Wildman–Crippen LogP) is 4.07. The van der Waals surface area contributed by atoms with Gasteiger partial charge in [0.15, 0.2) is 11.5 Å². The molecule has 5 heteroatoms. The van der Waals surface area contributed by atoms with Gasteiger partial charge in [0.05, 0.1) is 19.2 Å². The second-order valence-corrected chi connectivity index (χ2v) is 6.23. The van der Waals surface area contributed by atoms with Gasteiger partial charge in [-0.1, -0.05) is 30.9 Å². The van der Waals surface area contributed by atoms with Crippen LogP contribution in [0.25, 0.3) is 6.08 Å². The van der Waals surface area contributed by atoms with E-state index in [9.17, 15) is 4.79 Å². The van der Waals surface area contributed by atoms with E-state index in [-0.39, 0.29) is 5.91 Å². The van der Waals surface area contributed by atoms with Gasteiger partial charge >= 0.3 is 0 Å². The van der Waals surface area contributed by atoms with E-state index in [0.29, 0.717) is 22.4 Å². The van der Waals surface area contributed by atoms with Crippen LogP contribution in [0.5, 0.6) is 11.5 Å². The molecule has 0 unspecified atom stereocenters. The maximum absolute atomic E-state index is 11.9. The second kappa shape index (κ2) is 8.82. The third-order valence-corrected chi connectivity index (χ3v) is 4.45. The Morgan fingerprint density at radius 3 is 2.65 bits per heavy atom. The molecule has 1 amide bonds. The molecule has 0 aliphatic heterocycles. The molecule has 1 aliphatic carbocycles. The molecule has 0 aromatic heterocycles. The summed E-state index contributed by atoms with van der Waals surface area (Å²) in [7, 11) is 3.09. The summed E-state index contributed by atoms with van der Waals surface area (Å²) in [6.45, 7) is 0.760. The topological polar surface area (TPSA) is 47.6 Å². The molecular weight excluding hydrogens is 314 g/mol. The van der Waals surface area contributed by atoms with Crippen LogP contribution in [0.2, 0.25) is 5.02 Å². The largest absolute Gasteiger partial charge is 0.493 e. The lowest BCUT2D eigenvalue weighted by atomic mass is 9.89. The molecule has 4 nitrogen and oxygen atoms in total. The molecule has 1 N–H and O–H groups in total. The molecular formula is C18H24ClNO3. The van der Waals surface area contributed by atoms with Crippen molar-refractivity contribution in [2.24, 2.45) is 5.92 Å². The number of halogens is 1. The molecule has 1 aromatic carbocycles. The highest BCUT2D eigenvalue weighted by molar-refractivity contribution is 6.32. The van der Waals surface area contributed by atoms with Gasteiger partial charge in [0.1, 0.15) is 0 Å². The summed E-state index contributed by atoms with van der Waals surface area (Å²) in [6, 6.07) is 3.53. The van der Waals surface area contributed by atoms with Crippen LogP contribution in [0, 0.1) is 5.92 Å². The van der Waals surface area contributed by atoms with Crippen molar-refractivity contribution in [1.82, 2.24) is 5.32 Å². The van der Waals surface area contributed by atoms with Gasteiger partial charge in [0.2, 0.25) is 5.91 Å². The lowest BCUT2D eigenvalue weighted by Gasteiger charge is -2.21. The van der Waals surface area contributed by atoms with Gasteiger partial charge in [-0.3, -0.25) is 4.79 Å². The van der Waals surface area contributed by atoms with Crippen LogP contribution in [0.15, 0.2) is 18.2 Å². The summed E-state index contributed by atoms with van der Waals surface area (Å²) in [6.07, 6.45) is 9.57. The Labute approximate surface area is 142 Å². The van der Waals surface area contributed by atoms with E-state index in [4.69, 9.17) is 21.1 Å². The Morgan fingerprint density at radius 2 is 2.00 bits per heavy atom. The summed E-state index contributed by atoms with van der Waals surface area (Å²) in [4.78, 5) is 11.9. The highest BCUT2D eigenvalue weighted by atomic mass is 35.5. The van der Waals surface area contributed by atoms with Crippen molar-refractivity contribution >= 4 is 23.6 Å². The molecule has 1 saturated carbocycles. The molecule has 0 bridgehead atoms. The number of methoxy groups -OCH3 is 2. The highest BCUT2D eigenvalue weighted by Gasteiger charge is 2.13. The van der Waals surface area contributed by atoms with Crippen molar-refractivity contribution in [3.05, 3.63) is 28.8 Å². The van der Waals surface area contributed by atoms with E-state index in [1.54, 1.807) is 25.3 Å². The number of rotatable bonds is 6. The molecule has 0 radical (unpaired) electrons. The van der Waals surface area contributed by atoms with Crippen molar-refractivity contribution in [1.29, 1.82) is 0 Å². The lowest BCUT2D eigenvalue weighted by Crippen LogP contribution is -2.28. The summed E-state index contributed by atoms with van der Waals surface area (Å²) >= 11 is 6.15. The SMILES string of the molecule is COc1cc(/C=C/C(=O)NCC2CCCCC2)cc(Cl)c1OC. The zero-order valence-corrected chi connectivity index (χ0v) is 14.5. The van der Waals surface area contributed by atoms with Crippen LogP contribution in [0.4, 0.5) is 0 Å². The number of carbonyl (C=O) groups excluding carboxylic acids is 1. The van der Waals surface area contributed by atoms with Gasteiger partial charge in [-0.15, -0.1) is 0 Å². The van der Waals surface area contributed by atoms with Crippen LogP contribution in [0.1, 0.15) is 37.7 Å². The number of hydrogen-bond acceptors (Lipinski definition) is 3. The Morgan fingerprint density at radius 1 is 1.26 bits per heavy atom. The van der Waals surface area contributed by atoms with Crippen LogP contribution >= 0.6 is 11.6 Å². The lowest BCUT2D eigenvalue weighted by molar-refractivity contribution is -0.116. The van der Waals surface area contributed by atoms with Gasteiger partial charge in [0.25, 0.3) is 0 Å². The van der Waals surface area contributed by atoms with Gasteiger partial charge in [-0.2, -0.15) is 0 Å². The molecule has 126 valence electrons. The fraction of sp³-hybridized carbons (Fsp3) is 0.500. The van der Waals surface area contributed by atoms with Gasteiger partial charge in [0, 0.05) is 12.6 Å². The fourth-order valence-corrected chi connectivity index (χ4v) is 3.20. The number of carbonyl (C=O) groups is 1. The van der Waals surface area contributed by atoms with Gasteiger partial charge in [-0.25, -0.2) is 0 Å². The first-order valence-corrected chi connectivity index (χ1v) is 8.39. The Hall–Kier alpha value is -1.68. The third-order valence-electron chi connectivity index (χ3n) is 4.17. The van der Waals surface area contributed by atoms with E-state index >= 15 is 0 Å². The van der Waals surface area contributed by atoms with E-state index in [2.05, 4.69) is 5.32 Å². The van der Waals surface area contributed by atoms with Crippen molar-refractivity contribution in [3.8, 4) is 11.5 Å². The zero-order valence-electron chi connectivity index (χ0n) is 13.7. The van der Waals surface area contributed by atoms with Gasteiger partial charge in [-0.05, 0) is 42.5 Å². The van der Waals surface area contributed by atoms with Crippen molar-refractivity contribution < 1.29 is 14.3 Å². The smallest absolute Gasteiger partial charge is 0.244 e. The van der Waals surface area contributed by atoms with Crippen LogP contribution in [-0.4, -0.2) is 26.7 Å². The van der Waals surface area contributed by atoms with E-state index < -0.39 is 0 Å².